The fraction of sp³-hybridized carbons (Fsp3) is 0.452. The lowest BCUT2D eigenvalue weighted by Crippen LogP contribution is -2.42. The number of carbonyl (C=O) groups is 2. The van der Waals surface area contributed by atoms with Crippen molar-refractivity contribution in [1.29, 1.82) is 0 Å². The van der Waals surface area contributed by atoms with Gasteiger partial charge >= 0.3 is 12.1 Å². The van der Waals surface area contributed by atoms with E-state index in [0.29, 0.717) is 29.6 Å². The van der Waals surface area contributed by atoms with Crippen molar-refractivity contribution in [1.82, 2.24) is 14.3 Å². The Labute approximate surface area is 247 Å². The highest BCUT2D eigenvalue weighted by Crippen LogP contribution is 2.35. The van der Waals surface area contributed by atoms with Crippen molar-refractivity contribution in [2.45, 2.75) is 89.8 Å². The molecule has 0 bridgehead atoms. The predicted octanol–water partition coefficient (Wildman–Crippen LogP) is 6.04. The first-order chi connectivity index (χ1) is 19.8. The molecule has 42 heavy (non-hydrogen) atoms. The molecule has 3 aromatic rings. The van der Waals surface area contributed by atoms with E-state index < -0.39 is 27.7 Å². The van der Waals surface area contributed by atoms with Crippen LogP contribution in [-0.4, -0.2) is 53.7 Å². The molecule has 2 N–H and O–H groups in total. The minimum atomic E-state index is -4.01. The van der Waals surface area contributed by atoms with Gasteiger partial charge in [-0.15, -0.1) is 0 Å². The van der Waals surface area contributed by atoms with Crippen LogP contribution in [0.3, 0.4) is 0 Å². The molecule has 1 amide bonds. The summed E-state index contributed by atoms with van der Waals surface area (Å²) in [5, 5.41) is 6.95. The van der Waals surface area contributed by atoms with Gasteiger partial charge in [0.2, 0.25) is 0 Å². The maximum absolute atomic E-state index is 13.9. The lowest BCUT2D eigenvalue weighted by atomic mass is 9.91. The van der Waals surface area contributed by atoms with Gasteiger partial charge in [-0.3, -0.25) is 0 Å². The molecule has 0 radical (unpaired) electrons. The van der Waals surface area contributed by atoms with Crippen LogP contribution in [0.15, 0.2) is 47.5 Å². The van der Waals surface area contributed by atoms with Gasteiger partial charge in [-0.25, -0.2) is 27.0 Å². The molecule has 1 aliphatic rings. The summed E-state index contributed by atoms with van der Waals surface area (Å²) >= 11 is 0. The zero-order chi connectivity index (χ0) is 30.7. The number of nitrogens with zero attached hydrogens (tertiary/aromatic N) is 2. The van der Waals surface area contributed by atoms with Crippen molar-refractivity contribution < 1.29 is 27.5 Å². The Morgan fingerprint density at radius 3 is 2.33 bits per heavy atom. The van der Waals surface area contributed by atoms with Crippen LogP contribution in [0.25, 0.3) is 17.1 Å². The molecule has 2 heterocycles. The van der Waals surface area contributed by atoms with Crippen molar-refractivity contribution >= 4 is 44.9 Å². The summed E-state index contributed by atoms with van der Waals surface area (Å²) in [6, 6.07) is 8.33. The quantitative estimate of drug-likeness (QED) is 0.301. The number of rotatable bonds is 8. The molecule has 10 nitrogen and oxygen atoms in total. The number of esters is 1. The summed E-state index contributed by atoms with van der Waals surface area (Å²) in [6.07, 6.45) is 7.26. The molecular weight excluding hydrogens is 556 g/mol. The van der Waals surface area contributed by atoms with Crippen LogP contribution < -0.4 is 10.6 Å². The Balaban J connectivity index is 1.71. The number of hydrogen-bond acceptors (Lipinski definition) is 8. The van der Waals surface area contributed by atoms with E-state index in [0.717, 1.165) is 18.4 Å². The maximum atomic E-state index is 13.9. The second-order valence-corrected chi connectivity index (χ2v) is 13.3. The van der Waals surface area contributed by atoms with Gasteiger partial charge in [0.15, 0.2) is 5.65 Å². The first-order valence-corrected chi connectivity index (χ1v) is 15.7. The van der Waals surface area contributed by atoms with Gasteiger partial charge in [0.25, 0.3) is 10.0 Å². The van der Waals surface area contributed by atoms with E-state index in [4.69, 9.17) is 9.47 Å². The number of pyridine rings is 1. The standard InChI is InChI=1S/C31H40N4O6S/c1-7-9-23-18-25-27(33-21-12-14-22(15-13-21)34-30(37)41-31(4,5)6)26(29(36)40-8-2)19-32-28(25)35(23)42(38,39)24-16-10-20(3)11-17-24/h7,9-11,16-19,21-22H,8,12-15H2,1-6H3,(H,32,33)(H,34,37)/b9-7+. The van der Waals surface area contributed by atoms with Crippen LogP contribution in [0.1, 0.15) is 81.9 Å². The molecule has 1 aromatic carbocycles. The fourth-order valence-electron chi connectivity index (χ4n) is 5.08. The number of anilines is 1. The molecule has 4 rings (SSSR count). The Morgan fingerprint density at radius 1 is 1.10 bits per heavy atom. The molecule has 2 aromatic heterocycles. The van der Waals surface area contributed by atoms with E-state index in [1.807, 2.05) is 27.7 Å². The highest BCUT2D eigenvalue weighted by atomic mass is 32.2. The van der Waals surface area contributed by atoms with Gasteiger partial charge in [0.1, 0.15) is 11.2 Å². The molecule has 0 spiro atoms. The molecule has 0 saturated heterocycles. The Bertz CT molecular complexity index is 1580. The largest absolute Gasteiger partial charge is 0.462 e. The second-order valence-electron chi connectivity index (χ2n) is 11.5. The van der Waals surface area contributed by atoms with Gasteiger partial charge < -0.3 is 20.1 Å². The molecule has 0 atom stereocenters. The van der Waals surface area contributed by atoms with Gasteiger partial charge in [-0.05, 0) is 91.5 Å². The number of aromatic nitrogens is 2. The molecule has 0 unspecified atom stereocenters. The Morgan fingerprint density at radius 2 is 1.74 bits per heavy atom. The zero-order valence-corrected chi connectivity index (χ0v) is 25.9. The van der Waals surface area contributed by atoms with Gasteiger partial charge in [-0.1, -0.05) is 23.8 Å². The number of alkyl carbamates (subject to hydrolysis) is 1. The van der Waals surface area contributed by atoms with E-state index >= 15 is 0 Å². The predicted molar refractivity (Wildman–Crippen MR) is 163 cm³/mol. The van der Waals surface area contributed by atoms with Crippen LogP contribution in [0.4, 0.5) is 10.5 Å². The summed E-state index contributed by atoms with van der Waals surface area (Å²) in [4.78, 5) is 29.9. The minimum Gasteiger partial charge on any atom is -0.462 e. The van der Waals surface area contributed by atoms with Crippen molar-refractivity contribution in [3.8, 4) is 0 Å². The molecule has 0 aliphatic heterocycles. The summed E-state index contributed by atoms with van der Waals surface area (Å²) in [5.41, 5.74) is 1.70. The van der Waals surface area contributed by atoms with Crippen molar-refractivity contribution in [2.75, 3.05) is 11.9 Å². The highest BCUT2D eigenvalue weighted by Gasteiger charge is 2.30. The summed E-state index contributed by atoms with van der Waals surface area (Å²) in [7, 11) is -4.01. The molecule has 1 aliphatic carbocycles. The minimum absolute atomic E-state index is 0.0253. The van der Waals surface area contributed by atoms with E-state index in [9.17, 15) is 18.0 Å². The number of hydrogen-bond donors (Lipinski definition) is 2. The molecule has 11 heteroatoms. The van der Waals surface area contributed by atoms with Crippen molar-refractivity contribution in [2.24, 2.45) is 0 Å². The lowest BCUT2D eigenvalue weighted by Gasteiger charge is -2.31. The number of benzene rings is 1. The summed E-state index contributed by atoms with van der Waals surface area (Å²) < 4.78 is 39.7. The third-order valence-electron chi connectivity index (χ3n) is 7.00. The number of allylic oxidation sites excluding steroid dienone is 1. The summed E-state index contributed by atoms with van der Waals surface area (Å²) in [6.45, 7) is 11.1. The highest BCUT2D eigenvalue weighted by molar-refractivity contribution is 7.90. The molecule has 226 valence electrons. The van der Waals surface area contributed by atoms with E-state index in [-0.39, 0.29) is 34.8 Å². The van der Waals surface area contributed by atoms with Gasteiger partial charge in [0, 0.05) is 23.7 Å². The number of ether oxygens (including phenoxy) is 2. The number of carbonyl (C=O) groups excluding carboxylic acids is 2. The Kier molecular flexibility index (Phi) is 9.30. The second kappa shape index (κ2) is 12.6. The third-order valence-corrected chi connectivity index (χ3v) is 8.74. The first-order valence-electron chi connectivity index (χ1n) is 14.3. The fourth-order valence-corrected chi connectivity index (χ4v) is 6.53. The topological polar surface area (TPSA) is 129 Å². The van der Waals surface area contributed by atoms with Crippen LogP contribution in [0, 0.1) is 6.92 Å². The Hall–Kier alpha value is -3.86. The van der Waals surface area contributed by atoms with E-state index in [1.54, 1.807) is 56.3 Å². The summed E-state index contributed by atoms with van der Waals surface area (Å²) in [5.74, 6) is -0.545. The van der Waals surface area contributed by atoms with Gasteiger partial charge in [0.05, 0.1) is 22.9 Å². The molecular formula is C31H40N4O6S. The lowest BCUT2D eigenvalue weighted by molar-refractivity contribution is 0.0488. The van der Waals surface area contributed by atoms with Crippen molar-refractivity contribution in [3.05, 3.63) is 59.4 Å². The number of aryl methyl sites for hydroxylation is 1. The van der Waals surface area contributed by atoms with Crippen LogP contribution >= 0.6 is 0 Å². The van der Waals surface area contributed by atoms with Crippen LogP contribution in [0.2, 0.25) is 0 Å². The third kappa shape index (κ3) is 6.95. The normalized spacial score (nSPS) is 17.8. The number of amides is 1. The smallest absolute Gasteiger partial charge is 0.407 e. The maximum Gasteiger partial charge on any atom is 0.407 e. The van der Waals surface area contributed by atoms with E-state index in [2.05, 4.69) is 15.6 Å². The number of fused-ring (bicyclic) bond motifs is 1. The SMILES string of the molecule is C/C=C/c1cc2c(NC3CCC(NC(=O)OC(C)(C)C)CC3)c(C(=O)OCC)cnc2n1S(=O)(=O)c1ccc(C)cc1. The monoisotopic (exact) mass is 596 g/mol. The zero-order valence-electron chi connectivity index (χ0n) is 25.1. The molecule has 1 fully saturated rings. The first kappa shape index (κ1) is 31.1. The number of nitrogens with one attached hydrogen (secondary N) is 2. The average molecular weight is 597 g/mol. The van der Waals surface area contributed by atoms with Crippen molar-refractivity contribution in [3.63, 3.8) is 0 Å². The van der Waals surface area contributed by atoms with Crippen LogP contribution in [-0.2, 0) is 19.5 Å². The van der Waals surface area contributed by atoms with Crippen LogP contribution in [0.5, 0.6) is 0 Å². The molecule has 1 saturated carbocycles. The van der Waals surface area contributed by atoms with Gasteiger partial charge in [-0.2, -0.15) is 0 Å². The average Bonchev–Trinajstić information content (AvgIpc) is 3.29. The van der Waals surface area contributed by atoms with E-state index in [1.165, 1.54) is 10.2 Å².